The Labute approximate surface area is 112 Å². The van der Waals surface area contributed by atoms with Crippen molar-refractivity contribution in [1.82, 2.24) is 4.98 Å². The van der Waals surface area contributed by atoms with E-state index in [0.717, 1.165) is 11.0 Å². The Morgan fingerprint density at radius 3 is 3.00 bits per heavy atom. The number of halogens is 1. The van der Waals surface area contributed by atoms with E-state index in [9.17, 15) is 4.79 Å². The molecule has 0 saturated heterocycles. The van der Waals surface area contributed by atoms with Crippen LogP contribution in [0.25, 0.3) is 21.7 Å². The maximum Gasteiger partial charge on any atom is 0.196 e. The van der Waals surface area contributed by atoms with Crippen molar-refractivity contribution >= 4 is 39.7 Å². The number of carbonyl (C=O) groups excluding carboxylic acids is 1. The third-order valence-electron chi connectivity index (χ3n) is 2.55. The van der Waals surface area contributed by atoms with Gasteiger partial charge in [0, 0.05) is 10.8 Å². The molecule has 0 aliphatic carbocycles. The number of hydrogen-bond donors (Lipinski definition) is 0. The number of thiazole rings is 1. The van der Waals surface area contributed by atoms with E-state index in [1.54, 1.807) is 5.38 Å². The summed E-state index contributed by atoms with van der Waals surface area (Å²) in [5, 5.41) is 3.42. The van der Waals surface area contributed by atoms with Crippen LogP contribution in [0.1, 0.15) is 10.5 Å². The van der Waals surface area contributed by atoms with E-state index >= 15 is 0 Å². The summed E-state index contributed by atoms with van der Waals surface area (Å²) in [7, 11) is 0. The molecule has 0 amide bonds. The van der Waals surface area contributed by atoms with E-state index in [1.807, 2.05) is 30.3 Å². The third kappa shape index (κ3) is 1.94. The highest BCUT2D eigenvalue weighted by Crippen LogP contribution is 2.29. The van der Waals surface area contributed by atoms with Crippen LogP contribution < -0.4 is 0 Å². The molecule has 2 aromatic heterocycles. The number of hydrogen-bond acceptors (Lipinski definition) is 4. The first-order valence-electron chi connectivity index (χ1n) is 5.31. The van der Waals surface area contributed by atoms with E-state index in [1.165, 1.54) is 11.3 Å². The van der Waals surface area contributed by atoms with Gasteiger partial charge in [-0.15, -0.1) is 22.9 Å². The smallest absolute Gasteiger partial charge is 0.196 e. The van der Waals surface area contributed by atoms with Gasteiger partial charge in [0.15, 0.2) is 16.6 Å². The molecule has 18 heavy (non-hydrogen) atoms. The molecular weight excluding hydrogens is 270 g/mol. The van der Waals surface area contributed by atoms with Crippen molar-refractivity contribution in [2.24, 2.45) is 0 Å². The average Bonchev–Trinajstić information content (AvgIpc) is 3.03. The number of carbonyl (C=O) groups is 1. The minimum absolute atomic E-state index is 0.0523. The summed E-state index contributed by atoms with van der Waals surface area (Å²) in [5.74, 6) is 0.452. The number of aromatic nitrogens is 1. The lowest BCUT2D eigenvalue weighted by atomic mass is 10.2. The summed E-state index contributed by atoms with van der Waals surface area (Å²) in [5.41, 5.74) is 1.21. The summed E-state index contributed by atoms with van der Waals surface area (Å²) in [4.78, 5) is 15.6. The summed E-state index contributed by atoms with van der Waals surface area (Å²) in [6, 6.07) is 9.66. The van der Waals surface area contributed by atoms with Gasteiger partial charge in [-0.05, 0) is 12.1 Å². The van der Waals surface area contributed by atoms with Crippen molar-refractivity contribution in [3.8, 4) is 10.8 Å². The Kier molecular flexibility index (Phi) is 2.89. The number of para-hydroxylation sites is 1. The molecule has 90 valence electrons. The third-order valence-corrected chi connectivity index (χ3v) is 3.65. The molecule has 0 atom stereocenters. The molecule has 0 unspecified atom stereocenters. The van der Waals surface area contributed by atoms with Crippen molar-refractivity contribution in [1.29, 1.82) is 0 Å². The first-order valence-corrected chi connectivity index (χ1v) is 6.73. The van der Waals surface area contributed by atoms with Crippen LogP contribution in [0.2, 0.25) is 0 Å². The number of ketones is 1. The second-order valence-electron chi connectivity index (χ2n) is 3.74. The van der Waals surface area contributed by atoms with Crippen LogP contribution in [0.3, 0.4) is 0 Å². The quantitative estimate of drug-likeness (QED) is 0.537. The molecule has 5 heteroatoms. The topological polar surface area (TPSA) is 43.1 Å². The SMILES string of the molecule is O=C(CCl)c1csc(-c2cc3ccccc3o2)n1. The number of benzene rings is 1. The van der Waals surface area contributed by atoms with E-state index in [-0.39, 0.29) is 11.7 Å². The summed E-state index contributed by atoms with van der Waals surface area (Å²) in [6.45, 7) is 0. The van der Waals surface area contributed by atoms with Crippen LogP contribution in [0.4, 0.5) is 0 Å². The fraction of sp³-hybridized carbons (Fsp3) is 0.0769. The van der Waals surface area contributed by atoms with Gasteiger partial charge in [-0.1, -0.05) is 18.2 Å². The number of fused-ring (bicyclic) bond motifs is 1. The Morgan fingerprint density at radius 1 is 1.39 bits per heavy atom. The molecule has 0 fully saturated rings. The normalized spacial score (nSPS) is 10.9. The highest BCUT2D eigenvalue weighted by atomic mass is 35.5. The number of rotatable bonds is 3. The predicted octanol–water partition coefficient (Wildman–Crippen LogP) is 3.98. The molecule has 2 heterocycles. The lowest BCUT2D eigenvalue weighted by Crippen LogP contribution is -1.99. The lowest BCUT2D eigenvalue weighted by Gasteiger charge is -1.88. The first-order chi connectivity index (χ1) is 8.78. The number of alkyl halides is 1. The highest BCUT2D eigenvalue weighted by molar-refractivity contribution is 7.13. The van der Waals surface area contributed by atoms with E-state index < -0.39 is 0 Å². The summed E-state index contributed by atoms with van der Waals surface area (Å²) in [6.07, 6.45) is 0. The molecule has 3 nitrogen and oxygen atoms in total. The molecule has 0 bridgehead atoms. The Hall–Kier alpha value is -1.65. The molecular formula is C13H8ClNO2S. The van der Waals surface area contributed by atoms with Gasteiger partial charge in [0.25, 0.3) is 0 Å². The average molecular weight is 278 g/mol. The number of Topliss-reactive ketones (excluding diaryl/α,β-unsaturated/α-hetero) is 1. The number of nitrogens with zero attached hydrogens (tertiary/aromatic N) is 1. The minimum atomic E-state index is -0.171. The lowest BCUT2D eigenvalue weighted by molar-refractivity contribution is 0.101. The van der Waals surface area contributed by atoms with Gasteiger partial charge >= 0.3 is 0 Å². The monoisotopic (exact) mass is 277 g/mol. The maximum absolute atomic E-state index is 11.4. The van der Waals surface area contributed by atoms with Crippen LogP contribution >= 0.6 is 22.9 Å². The van der Waals surface area contributed by atoms with Crippen LogP contribution in [0, 0.1) is 0 Å². The molecule has 1 aromatic carbocycles. The number of furan rings is 1. The zero-order chi connectivity index (χ0) is 12.5. The molecule has 0 saturated carbocycles. The fourth-order valence-electron chi connectivity index (χ4n) is 1.67. The van der Waals surface area contributed by atoms with Gasteiger partial charge in [0.1, 0.15) is 11.3 Å². The molecule has 3 aromatic rings. The molecule has 0 aliphatic heterocycles. The van der Waals surface area contributed by atoms with E-state index in [2.05, 4.69) is 4.98 Å². The van der Waals surface area contributed by atoms with Gasteiger partial charge in [-0.2, -0.15) is 0 Å². The predicted molar refractivity (Wildman–Crippen MR) is 72.4 cm³/mol. The molecule has 0 N–H and O–H groups in total. The van der Waals surface area contributed by atoms with Gasteiger partial charge in [-0.25, -0.2) is 4.98 Å². The first kappa shape index (κ1) is 11.4. The Bertz CT molecular complexity index is 683. The summed E-state index contributed by atoms with van der Waals surface area (Å²) < 4.78 is 5.68. The van der Waals surface area contributed by atoms with Gasteiger partial charge in [-0.3, -0.25) is 4.79 Å². The zero-order valence-corrected chi connectivity index (χ0v) is 10.8. The van der Waals surface area contributed by atoms with Crippen molar-refractivity contribution < 1.29 is 9.21 Å². The van der Waals surface area contributed by atoms with Crippen molar-refractivity contribution in [2.45, 2.75) is 0 Å². The van der Waals surface area contributed by atoms with Crippen LogP contribution in [0.15, 0.2) is 40.1 Å². The maximum atomic E-state index is 11.4. The Morgan fingerprint density at radius 2 is 2.22 bits per heavy atom. The highest BCUT2D eigenvalue weighted by Gasteiger charge is 2.13. The largest absolute Gasteiger partial charge is 0.454 e. The van der Waals surface area contributed by atoms with E-state index in [0.29, 0.717) is 16.5 Å². The second-order valence-corrected chi connectivity index (χ2v) is 4.87. The van der Waals surface area contributed by atoms with Crippen LogP contribution in [-0.4, -0.2) is 16.6 Å². The zero-order valence-electron chi connectivity index (χ0n) is 9.22. The van der Waals surface area contributed by atoms with Crippen molar-refractivity contribution in [2.75, 3.05) is 5.88 Å². The van der Waals surface area contributed by atoms with Crippen LogP contribution in [0.5, 0.6) is 0 Å². The van der Waals surface area contributed by atoms with Gasteiger partial charge in [0.05, 0.1) is 5.88 Å². The van der Waals surface area contributed by atoms with Crippen LogP contribution in [-0.2, 0) is 0 Å². The molecule has 0 radical (unpaired) electrons. The molecule has 0 aliphatic rings. The van der Waals surface area contributed by atoms with Crippen molar-refractivity contribution in [3.63, 3.8) is 0 Å². The van der Waals surface area contributed by atoms with Gasteiger partial charge < -0.3 is 4.42 Å². The second kappa shape index (κ2) is 4.55. The fourth-order valence-corrected chi connectivity index (χ4v) is 2.58. The molecule has 0 spiro atoms. The summed E-state index contributed by atoms with van der Waals surface area (Å²) >= 11 is 6.87. The van der Waals surface area contributed by atoms with Gasteiger partial charge in [0.2, 0.25) is 0 Å². The molecule has 3 rings (SSSR count). The Balaban J connectivity index is 2.03. The van der Waals surface area contributed by atoms with E-state index in [4.69, 9.17) is 16.0 Å². The minimum Gasteiger partial charge on any atom is -0.454 e. The standard InChI is InChI=1S/C13H8ClNO2S/c14-6-10(16)9-7-18-13(15-9)12-5-8-3-1-2-4-11(8)17-12/h1-5,7H,6H2. The van der Waals surface area contributed by atoms with Crippen molar-refractivity contribution in [3.05, 3.63) is 41.4 Å².